The van der Waals surface area contributed by atoms with Crippen LogP contribution in [-0.4, -0.2) is 15.0 Å². The summed E-state index contributed by atoms with van der Waals surface area (Å²) in [5.74, 6) is 1.86. The van der Waals surface area contributed by atoms with Gasteiger partial charge in [0.05, 0.1) is 0 Å². The third-order valence-electron chi connectivity index (χ3n) is 11.9. The predicted octanol–water partition coefficient (Wildman–Crippen LogP) is 16.0. The van der Waals surface area contributed by atoms with E-state index in [-0.39, 0.29) is 0 Å². The minimum Gasteiger partial charge on any atom is -0.208 e. The minimum atomic E-state index is 0.605. The van der Waals surface area contributed by atoms with E-state index in [1.54, 1.807) is 0 Å². The Balaban J connectivity index is 1.27. The third-order valence-corrected chi connectivity index (χ3v) is 11.9. The molecule has 1 heterocycles. The molecule has 0 spiro atoms. The first-order valence-electron chi connectivity index (χ1n) is 21.7. The summed E-state index contributed by atoms with van der Waals surface area (Å²) in [4.78, 5) is 15.7. The van der Waals surface area contributed by atoms with Crippen LogP contribution in [0, 0.1) is 0 Å². The summed E-state index contributed by atoms with van der Waals surface area (Å²) in [6, 6.07) is 88.1. The Morgan fingerprint density at radius 2 is 0.500 bits per heavy atom. The molecule has 3 heteroatoms. The molecule has 11 aromatic rings. The lowest BCUT2D eigenvalue weighted by Gasteiger charge is -2.29. The molecule has 0 aliphatic carbocycles. The highest BCUT2D eigenvalue weighted by Gasteiger charge is 2.29. The van der Waals surface area contributed by atoms with E-state index in [2.05, 4.69) is 231 Å². The molecule has 300 valence electrons. The zero-order chi connectivity index (χ0) is 42.7. The van der Waals surface area contributed by atoms with Gasteiger partial charge in [0, 0.05) is 16.7 Å². The standard InChI is InChI=1S/C61H41N3/c1-7-24-43(25-8-1)53-54(44-26-9-2-10-27-44)56(46-30-13-4-14-31-46)58(57(47-32-15-5-16-33-47)55(53)45-28-11-3-12-29-45)49-37-21-38-50(41-49)60-62-59(48-34-17-6-18-35-48)63-61(64-60)52-40-22-36-42-23-19-20-39-51(42)52/h1-41H. The molecule has 1 aromatic heterocycles. The Morgan fingerprint density at radius 1 is 0.203 bits per heavy atom. The SMILES string of the molecule is c1ccc(-c2nc(-c3cccc(-c4c(-c5ccccc5)c(-c5ccccc5)c(-c5ccccc5)c(-c5ccccc5)c4-c4ccccc4)c3)nc(-c3cccc4ccccc34)n2)cc1. The summed E-state index contributed by atoms with van der Waals surface area (Å²) in [7, 11) is 0. The number of fused-ring (bicyclic) bond motifs is 1. The van der Waals surface area contributed by atoms with Crippen LogP contribution in [-0.2, 0) is 0 Å². The molecule has 11 rings (SSSR count). The highest BCUT2D eigenvalue weighted by atomic mass is 15.0. The van der Waals surface area contributed by atoms with Gasteiger partial charge in [-0.25, -0.2) is 15.0 Å². The molecule has 0 bridgehead atoms. The van der Waals surface area contributed by atoms with Crippen molar-refractivity contribution in [2.75, 3.05) is 0 Å². The van der Waals surface area contributed by atoms with Gasteiger partial charge in [-0.05, 0) is 83.6 Å². The van der Waals surface area contributed by atoms with Gasteiger partial charge >= 0.3 is 0 Å². The lowest BCUT2D eigenvalue weighted by Crippen LogP contribution is -2.03. The van der Waals surface area contributed by atoms with Gasteiger partial charge in [0.1, 0.15) is 0 Å². The lowest BCUT2D eigenvalue weighted by atomic mass is 9.74. The van der Waals surface area contributed by atoms with E-state index in [1.807, 2.05) is 18.2 Å². The molecule has 3 nitrogen and oxygen atoms in total. The van der Waals surface area contributed by atoms with Crippen molar-refractivity contribution in [1.82, 2.24) is 15.0 Å². The topological polar surface area (TPSA) is 38.7 Å². The molecule has 0 radical (unpaired) electrons. The van der Waals surface area contributed by atoms with Crippen LogP contribution in [0.2, 0.25) is 0 Å². The molecular formula is C61H41N3. The highest BCUT2D eigenvalue weighted by molar-refractivity contribution is 6.15. The molecule has 0 aliphatic heterocycles. The predicted molar refractivity (Wildman–Crippen MR) is 266 cm³/mol. The fraction of sp³-hybridized carbons (Fsp3) is 0. The van der Waals surface area contributed by atoms with Gasteiger partial charge in [-0.15, -0.1) is 0 Å². The molecule has 0 saturated carbocycles. The second-order valence-electron chi connectivity index (χ2n) is 15.9. The maximum Gasteiger partial charge on any atom is 0.164 e. The summed E-state index contributed by atoms with van der Waals surface area (Å²) in [5, 5.41) is 2.23. The zero-order valence-corrected chi connectivity index (χ0v) is 35.0. The Hall–Kier alpha value is -8.53. The van der Waals surface area contributed by atoms with Gasteiger partial charge in [-0.1, -0.05) is 243 Å². The van der Waals surface area contributed by atoms with Crippen molar-refractivity contribution >= 4 is 10.8 Å². The van der Waals surface area contributed by atoms with E-state index in [0.717, 1.165) is 77.5 Å². The number of hydrogen-bond acceptors (Lipinski definition) is 3. The molecule has 10 aromatic carbocycles. The molecule has 0 unspecified atom stereocenters. The maximum absolute atomic E-state index is 5.31. The van der Waals surface area contributed by atoms with Crippen LogP contribution in [0.15, 0.2) is 249 Å². The second-order valence-corrected chi connectivity index (χ2v) is 15.9. The van der Waals surface area contributed by atoms with Gasteiger partial charge in [0.15, 0.2) is 17.5 Å². The largest absolute Gasteiger partial charge is 0.208 e. The van der Waals surface area contributed by atoms with Gasteiger partial charge in [0.25, 0.3) is 0 Å². The lowest BCUT2D eigenvalue weighted by molar-refractivity contribution is 1.08. The molecule has 0 atom stereocenters. The monoisotopic (exact) mass is 815 g/mol. The van der Waals surface area contributed by atoms with Gasteiger partial charge in [0.2, 0.25) is 0 Å². The van der Waals surface area contributed by atoms with Crippen LogP contribution >= 0.6 is 0 Å². The molecule has 0 amide bonds. The van der Waals surface area contributed by atoms with Crippen molar-refractivity contribution in [2.45, 2.75) is 0 Å². The summed E-state index contributed by atoms with van der Waals surface area (Å²) in [6.45, 7) is 0. The van der Waals surface area contributed by atoms with E-state index < -0.39 is 0 Å². The Bertz CT molecular complexity index is 3280. The van der Waals surface area contributed by atoms with Crippen molar-refractivity contribution in [3.8, 4) is 101 Å². The number of benzene rings is 10. The molecular weight excluding hydrogens is 775 g/mol. The first-order chi connectivity index (χ1) is 31.8. The quantitative estimate of drug-likeness (QED) is 0.146. The van der Waals surface area contributed by atoms with E-state index in [9.17, 15) is 0 Å². The average molecular weight is 816 g/mol. The fourth-order valence-corrected chi connectivity index (χ4v) is 9.08. The second kappa shape index (κ2) is 17.1. The highest BCUT2D eigenvalue weighted by Crippen LogP contribution is 2.56. The van der Waals surface area contributed by atoms with Crippen LogP contribution < -0.4 is 0 Å². The summed E-state index contributed by atoms with van der Waals surface area (Å²) < 4.78 is 0. The molecule has 64 heavy (non-hydrogen) atoms. The molecule has 0 N–H and O–H groups in total. The first-order valence-corrected chi connectivity index (χ1v) is 21.7. The number of aromatic nitrogens is 3. The van der Waals surface area contributed by atoms with Gasteiger partial charge in [-0.2, -0.15) is 0 Å². The van der Waals surface area contributed by atoms with E-state index in [0.29, 0.717) is 17.5 Å². The van der Waals surface area contributed by atoms with Crippen LogP contribution in [0.1, 0.15) is 0 Å². The van der Waals surface area contributed by atoms with E-state index in [1.165, 1.54) is 16.7 Å². The zero-order valence-electron chi connectivity index (χ0n) is 35.0. The first kappa shape index (κ1) is 38.4. The fourth-order valence-electron chi connectivity index (χ4n) is 9.08. The van der Waals surface area contributed by atoms with E-state index >= 15 is 0 Å². The molecule has 0 saturated heterocycles. The number of hydrogen-bond donors (Lipinski definition) is 0. The van der Waals surface area contributed by atoms with E-state index in [4.69, 9.17) is 15.0 Å². The number of rotatable bonds is 9. The Morgan fingerprint density at radius 3 is 0.953 bits per heavy atom. The Kier molecular flexibility index (Phi) is 10.3. The van der Waals surface area contributed by atoms with Crippen molar-refractivity contribution in [1.29, 1.82) is 0 Å². The average Bonchev–Trinajstić information content (AvgIpc) is 3.39. The normalized spacial score (nSPS) is 11.1. The van der Waals surface area contributed by atoms with Gasteiger partial charge in [-0.3, -0.25) is 0 Å². The summed E-state index contributed by atoms with van der Waals surface area (Å²) in [6.07, 6.45) is 0. The third kappa shape index (κ3) is 7.25. The van der Waals surface area contributed by atoms with Crippen molar-refractivity contribution in [2.24, 2.45) is 0 Å². The van der Waals surface area contributed by atoms with Crippen molar-refractivity contribution in [3.63, 3.8) is 0 Å². The smallest absolute Gasteiger partial charge is 0.164 e. The minimum absolute atomic E-state index is 0.605. The van der Waals surface area contributed by atoms with Crippen molar-refractivity contribution in [3.05, 3.63) is 249 Å². The van der Waals surface area contributed by atoms with Gasteiger partial charge < -0.3 is 0 Å². The Labute approximate surface area is 373 Å². The summed E-state index contributed by atoms with van der Waals surface area (Å²) >= 11 is 0. The summed E-state index contributed by atoms with van der Waals surface area (Å²) in [5.41, 5.74) is 16.5. The maximum atomic E-state index is 5.31. The van der Waals surface area contributed by atoms with Crippen molar-refractivity contribution < 1.29 is 0 Å². The van der Waals surface area contributed by atoms with Crippen LogP contribution in [0.4, 0.5) is 0 Å². The molecule has 0 fully saturated rings. The van der Waals surface area contributed by atoms with Crippen LogP contribution in [0.25, 0.3) is 112 Å². The number of nitrogens with zero attached hydrogens (tertiary/aromatic N) is 3. The van der Waals surface area contributed by atoms with Crippen LogP contribution in [0.5, 0.6) is 0 Å². The molecule has 0 aliphatic rings. The van der Waals surface area contributed by atoms with Crippen LogP contribution in [0.3, 0.4) is 0 Å².